The van der Waals surface area contributed by atoms with E-state index in [9.17, 15) is 4.79 Å². The van der Waals surface area contributed by atoms with E-state index in [2.05, 4.69) is 5.32 Å². The molecule has 0 aliphatic rings. The number of urea groups is 1. The summed E-state index contributed by atoms with van der Waals surface area (Å²) in [5, 5.41) is 2.89. The third-order valence-corrected chi connectivity index (χ3v) is 3.04. The molecule has 0 spiro atoms. The molecule has 1 N–H and O–H groups in total. The van der Waals surface area contributed by atoms with Crippen molar-refractivity contribution in [2.24, 2.45) is 0 Å². The molecule has 6 heteroatoms. The third-order valence-electron chi connectivity index (χ3n) is 3.04. The van der Waals surface area contributed by atoms with E-state index in [4.69, 9.17) is 14.2 Å². The Hall–Kier alpha value is -1.79. The van der Waals surface area contributed by atoms with Crippen molar-refractivity contribution < 1.29 is 19.0 Å². The molecule has 2 amide bonds. The molecule has 1 rings (SSSR count). The molecule has 0 aromatic heterocycles. The van der Waals surface area contributed by atoms with Gasteiger partial charge in [0.25, 0.3) is 0 Å². The summed E-state index contributed by atoms with van der Waals surface area (Å²) in [6, 6.07) is 7.46. The minimum absolute atomic E-state index is 0.144. The lowest BCUT2D eigenvalue weighted by atomic mass is 10.2. The molecular weight excluding hydrogens is 272 g/mol. The van der Waals surface area contributed by atoms with E-state index >= 15 is 0 Å². The number of hydrogen-bond acceptors (Lipinski definition) is 4. The summed E-state index contributed by atoms with van der Waals surface area (Å²) in [7, 11) is 4.84. The second-order valence-corrected chi connectivity index (χ2v) is 4.44. The fraction of sp³-hybridized carbons (Fsp3) is 0.533. The van der Waals surface area contributed by atoms with Gasteiger partial charge in [0.15, 0.2) is 0 Å². The van der Waals surface area contributed by atoms with E-state index in [1.165, 1.54) is 0 Å². The first kappa shape index (κ1) is 17.3. The van der Waals surface area contributed by atoms with Crippen molar-refractivity contribution >= 4 is 6.03 Å². The lowest BCUT2D eigenvalue weighted by molar-refractivity contribution is 0.122. The second-order valence-electron chi connectivity index (χ2n) is 4.44. The minimum Gasteiger partial charge on any atom is -0.496 e. The number of benzene rings is 1. The molecule has 0 bridgehead atoms. The van der Waals surface area contributed by atoms with Crippen molar-refractivity contribution in [1.82, 2.24) is 10.2 Å². The zero-order valence-electron chi connectivity index (χ0n) is 12.9. The molecule has 1 aromatic carbocycles. The minimum atomic E-state index is -0.144. The standard InChI is InChI=1S/C15H24N2O4/c1-19-10-8-17(9-11-20-2)15(18)16-12-13-6-4-5-7-14(13)21-3/h4-7H,8-12H2,1-3H3,(H,16,18). The van der Waals surface area contributed by atoms with Crippen LogP contribution in [0.4, 0.5) is 4.79 Å². The number of rotatable bonds is 9. The maximum atomic E-state index is 12.2. The highest BCUT2D eigenvalue weighted by atomic mass is 16.5. The van der Waals surface area contributed by atoms with Crippen molar-refractivity contribution in [3.05, 3.63) is 29.8 Å². The number of para-hydroxylation sites is 1. The van der Waals surface area contributed by atoms with Gasteiger partial charge in [-0.15, -0.1) is 0 Å². The van der Waals surface area contributed by atoms with Gasteiger partial charge >= 0.3 is 6.03 Å². The van der Waals surface area contributed by atoms with Crippen molar-refractivity contribution in [2.75, 3.05) is 47.6 Å². The number of amides is 2. The Morgan fingerprint density at radius 1 is 1.10 bits per heavy atom. The zero-order chi connectivity index (χ0) is 15.5. The first-order valence-electron chi connectivity index (χ1n) is 6.85. The Balaban J connectivity index is 2.55. The number of nitrogens with zero attached hydrogens (tertiary/aromatic N) is 1. The molecule has 118 valence electrons. The monoisotopic (exact) mass is 296 g/mol. The average molecular weight is 296 g/mol. The number of carbonyl (C=O) groups is 1. The summed E-state index contributed by atoms with van der Waals surface area (Å²) in [4.78, 5) is 13.9. The molecule has 6 nitrogen and oxygen atoms in total. The van der Waals surface area contributed by atoms with Gasteiger partial charge in [0, 0.05) is 39.4 Å². The highest BCUT2D eigenvalue weighted by Crippen LogP contribution is 2.16. The molecule has 0 saturated heterocycles. The van der Waals surface area contributed by atoms with Gasteiger partial charge in [-0.05, 0) is 6.07 Å². The molecule has 21 heavy (non-hydrogen) atoms. The van der Waals surface area contributed by atoms with Crippen LogP contribution in [0.5, 0.6) is 5.75 Å². The van der Waals surface area contributed by atoms with Crippen LogP contribution in [0, 0.1) is 0 Å². The maximum absolute atomic E-state index is 12.2. The van der Waals surface area contributed by atoms with E-state index < -0.39 is 0 Å². The first-order chi connectivity index (χ1) is 10.2. The third kappa shape index (κ3) is 6.01. The number of hydrogen-bond donors (Lipinski definition) is 1. The van der Waals surface area contributed by atoms with E-state index in [0.717, 1.165) is 11.3 Å². The van der Waals surface area contributed by atoms with Crippen LogP contribution in [0.2, 0.25) is 0 Å². The molecule has 0 radical (unpaired) electrons. The van der Waals surface area contributed by atoms with Gasteiger partial charge in [0.1, 0.15) is 5.75 Å². The molecule has 0 unspecified atom stereocenters. The van der Waals surface area contributed by atoms with Crippen LogP contribution in [-0.4, -0.2) is 58.6 Å². The van der Waals surface area contributed by atoms with Gasteiger partial charge < -0.3 is 24.4 Å². The lowest BCUT2D eigenvalue weighted by Crippen LogP contribution is -2.43. The molecule has 0 aliphatic heterocycles. The fourth-order valence-corrected chi connectivity index (χ4v) is 1.85. The Labute approximate surface area is 126 Å². The van der Waals surface area contributed by atoms with Crippen LogP contribution in [0.1, 0.15) is 5.56 Å². The Kier molecular flexibility index (Phi) is 8.23. The van der Waals surface area contributed by atoms with Crippen molar-refractivity contribution in [3.8, 4) is 5.75 Å². The van der Waals surface area contributed by atoms with Gasteiger partial charge in [0.2, 0.25) is 0 Å². The Bertz CT molecular complexity index is 418. The van der Waals surface area contributed by atoms with E-state index in [-0.39, 0.29) is 6.03 Å². The number of carbonyl (C=O) groups excluding carboxylic acids is 1. The van der Waals surface area contributed by atoms with Gasteiger partial charge in [-0.3, -0.25) is 0 Å². The van der Waals surface area contributed by atoms with Crippen LogP contribution in [-0.2, 0) is 16.0 Å². The fourth-order valence-electron chi connectivity index (χ4n) is 1.85. The normalized spacial score (nSPS) is 10.2. The highest BCUT2D eigenvalue weighted by molar-refractivity contribution is 5.74. The van der Waals surface area contributed by atoms with Crippen LogP contribution >= 0.6 is 0 Å². The number of ether oxygens (including phenoxy) is 3. The maximum Gasteiger partial charge on any atom is 0.317 e. The van der Waals surface area contributed by atoms with Gasteiger partial charge in [-0.1, -0.05) is 18.2 Å². The van der Waals surface area contributed by atoms with Gasteiger partial charge in [-0.25, -0.2) is 4.79 Å². The van der Waals surface area contributed by atoms with Gasteiger partial charge in [0.05, 0.1) is 20.3 Å². The molecular formula is C15H24N2O4. The summed E-state index contributed by atoms with van der Waals surface area (Å²) in [5.74, 6) is 0.762. The van der Waals surface area contributed by atoms with Crippen molar-refractivity contribution in [3.63, 3.8) is 0 Å². The van der Waals surface area contributed by atoms with E-state index in [0.29, 0.717) is 32.8 Å². The van der Waals surface area contributed by atoms with Crippen LogP contribution in [0.25, 0.3) is 0 Å². The molecule has 0 atom stereocenters. The lowest BCUT2D eigenvalue weighted by Gasteiger charge is -2.22. The Morgan fingerprint density at radius 3 is 2.29 bits per heavy atom. The van der Waals surface area contributed by atoms with Gasteiger partial charge in [-0.2, -0.15) is 0 Å². The molecule has 0 heterocycles. The largest absolute Gasteiger partial charge is 0.496 e. The topological polar surface area (TPSA) is 60.0 Å². The predicted octanol–water partition coefficient (Wildman–Crippen LogP) is 1.50. The summed E-state index contributed by atoms with van der Waals surface area (Å²) < 4.78 is 15.3. The smallest absolute Gasteiger partial charge is 0.317 e. The average Bonchev–Trinajstić information content (AvgIpc) is 2.53. The summed E-state index contributed by atoms with van der Waals surface area (Å²) >= 11 is 0. The van der Waals surface area contributed by atoms with Crippen molar-refractivity contribution in [1.29, 1.82) is 0 Å². The zero-order valence-corrected chi connectivity index (χ0v) is 12.9. The molecule has 1 aromatic rings. The summed E-state index contributed by atoms with van der Waals surface area (Å²) in [5.41, 5.74) is 0.937. The Morgan fingerprint density at radius 2 is 1.71 bits per heavy atom. The molecule has 0 aliphatic carbocycles. The summed E-state index contributed by atoms with van der Waals surface area (Å²) in [6.07, 6.45) is 0. The molecule has 0 fully saturated rings. The molecule has 0 saturated carbocycles. The van der Waals surface area contributed by atoms with E-state index in [1.54, 1.807) is 26.2 Å². The quantitative estimate of drug-likeness (QED) is 0.750. The van der Waals surface area contributed by atoms with Crippen LogP contribution in [0.3, 0.4) is 0 Å². The van der Waals surface area contributed by atoms with Crippen molar-refractivity contribution in [2.45, 2.75) is 6.54 Å². The number of methoxy groups -OCH3 is 3. The van der Waals surface area contributed by atoms with E-state index in [1.807, 2.05) is 24.3 Å². The first-order valence-corrected chi connectivity index (χ1v) is 6.85. The number of nitrogens with one attached hydrogen (secondary N) is 1. The van der Waals surface area contributed by atoms with Crippen LogP contribution in [0.15, 0.2) is 24.3 Å². The SMILES string of the molecule is COCCN(CCOC)C(=O)NCc1ccccc1OC. The highest BCUT2D eigenvalue weighted by Gasteiger charge is 2.13. The second kappa shape index (κ2) is 10.0. The summed E-state index contributed by atoms with van der Waals surface area (Å²) in [6.45, 7) is 2.45. The predicted molar refractivity (Wildman–Crippen MR) is 80.6 cm³/mol. The van der Waals surface area contributed by atoms with Crippen LogP contribution < -0.4 is 10.1 Å².